The molecule has 1 fully saturated rings. The number of hydrogen-bond donors (Lipinski definition) is 3. The molecular formula is C19H18F3N5O3. The van der Waals surface area contributed by atoms with Crippen LogP contribution >= 0.6 is 0 Å². The van der Waals surface area contributed by atoms with E-state index in [9.17, 15) is 27.6 Å². The normalized spacial score (nSPS) is 18.7. The van der Waals surface area contributed by atoms with Gasteiger partial charge in [-0.2, -0.15) is 18.2 Å². The van der Waals surface area contributed by atoms with Gasteiger partial charge in [0.2, 0.25) is 17.8 Å². The quantitative estimate of drug-likeness (QED) is 0.706. The van der Waals surface area contributed by atoms with E-state index < -0.39 is 40.7 Å². The fourth-order valence-corrected chi connectivity index (χ4v) is 3.72. The Hall–Kier alpha value is -3.37. The molecule has 1 saturated heterocycles. The number of alkyl halides is 3. The number of amides is 2. The molecule has 1 aromatic heterocycles. The molecule has 0 radical (unpaired) electrons. The molecule has 2 aliphatic rings. The van der Waals surface area contributed by atoms with Crippen molar-refractivity contribution in [3.8, 4) is 0 Å². The first kappa shape index (κ1) is 19.9. The third-order valence-electron chi connectivity index (χ3n) is 5.15. The molecule has 11 heteroatoms. The number of anilines is 3. The van der Waals surface area contributed by atoms with Crippen molar-refractivity contribution in [3.05, 3.63) is 45.7 Å². The van der Waals surface area contributed by atoms with E-state index in [4.69, 9.17) is 0 Å². The third-order valence-corrected chi connectivity index (χ3v) is 5.15. The maximum Gasteiger partial charge on any atom is 0.418 e. The van der Waals surface area contributed by atoms with Gasteiger partial charge in [0, 0.05) is 19.5 Å². The van der Waals surface area contributed by atoms with E-state index in [-0.39, 0.29) is 17.8 Å². The molecule has 3 heterocycles. The lowest BCUT2D eigenvalue weighted by Crippen LogP contribution is -2.37. The summed E-state index contributed by atoms with van der Waals surface area (Å²) < 4.78 is 39.6. The van der Waals surface area contributed by atoms with Gasteiger partial charge in [-0.3, -0.25) is 19.4 Å². The van der Waals surface area contributed by atoms with Crippen LogP contribution in [-0.4, -0.2) is 34.9 Å². The van der Waals surface area contributed by atoms with Crippen molar-refractivity contribution in [2.75, 3.05) is 28.6 Å². The summed E-state index contributed by atoms with van der Waals surface area (Å²) in [4.78, 5) is 46.4. The summed E-state index contributed by atoms with van der Waals surface area (Å²) in [5.41, 5.74) is -2.14. The number of benzene rings is 1. The van der Waals surface area contributed by atoms with Gasteiger partial charge in [0.1, 0.15) is 5.82 Å². The summed E-state index contributed by atoms with van der Waals surface area (Å²) in [6.45, 7) is 1.40. The van der Waals surface area contributed by atoms with E-state index in [0.29, 0.717) is 19.0 Å². The fourth-order valence-electron chi connectivity index (χ4n) is 3.72. The highest BCUT2D eigenvalue weighted by Gasteiger charge is 2.37. The highest BCUT2D eigenvalue weighted by molar-refractivity contribution is 6.04. The zero-order valence-corrected chi connectivity index (χ0v) is 15.7. The number of carbonyl (C=O) groups is 2. The molecule has 0 spiro atoms. The van der Waals surface area contributed by atoms with E-state index in [1.807, 2.05) is 4.90 Å². The number of carbonyl (C=O) groups excluding carboxylic acids is 2. The smallest absolute Gasteiger partial charge is 0.342 e. The van der Waals surface area contributed by atoms with Gasteiger partial charge in [0.05, 0.1) is 22.7 Å². The number of nitrogens with one attached hydrogen (secondary N) is 3. The zero-order valence-electron chi connectivity index (χ0n) is 15.7. The lowest BCUT2D eigenvalue weighted by Gasteiger charge is -2.25. The Morgan fingerprint density at radius 1 is 1.17 bits per heavy atom. The van der Waals surface area contributed by atoms with Crippen LogP contribution in [-0.2, 0) is 15.8 Å². The van der Waals surface area contributed by atoms with E-state index in [0.717, 1.165) is 25.0 Å². The van der Waals surface area contributed by atoms with Crippen molar-refractivity contribution in [2.24, 2.45) is 0 Å². The number of hydrogen-bond acceptors (Lipinski definition) is 5. The first-order valence-corrected chi connectivity index (χ1v) is 9.40. The first-order valence-electron chi connectivity index (χ1n) is 9.40. The second kappa shape index (κ2) is 7.47. The molecule has 2 aliphatic heterocycles. The lowest BCUT2D eigenvalue weighted by molar-refractivity contribution is -0.137. The van der Waals surface area contributed by atoms with E-state index in [1.54, 1.807) is 0 Å². The van der Waals surface area contributed by atoms with Gasteiger partial charge >= 0.3 is 6.18 Å². The van der Waals surface area contributed by atoms with Gasteiger partial charge in [0.25, 0.3) is 5.56 Å². The third kappa shape index (κ3) is 3.74. The molecular weight excluding hydrogens is 403 g/mol. The van der Waals surface area contributed by atoms with Crippen LogP contribution in [0.3, 0.4) is 0 Å². The zero-order chi connectivity index (χ0) is 21.5. The van der Waals surface area contributed by atoms with Crippen LogP contribution in [0.25, 0.3) is 0 Å². The van der Waals surface area contributed by atoms with Crippen molar-refractivity contribution in [1.29, 1.82) is 0 Å². The Morgan fingerprint density at radius 2 is 1.87 bits per heavy atom. The molecule has 0 bridgehead atoms. The Labute approximate surface area is 168 Å². The molecule has 0 aliphatic carbocycles. The molecule has 2 aromatic rings. The second-order valence-corrected chi connectivity index (χ2v) is 7.18. The molecule has 8 nitrogen and oxygen atoms in total. The van der Waals surface area contributed by atoms with E-state index >= 15 is 0 Å². The van der Waals surface area contributed by atoms with Crippen LogP contribution in [0.1, 0.15) is 36.3 Å². The molecule has 2 amide bonds. The molecule has 1 atom stereocenters. The topological polar surface area (TPSA) is 107 Å². The molecule has 3 N–H and O–H groups in total. The Kier molecular flexibility index (Phi) is 4.96. The largest absolute Gasteiger partial charge is 0.418 e. The summed E-state index contributed by atoms with van der Waals surface area (Å²) in [5.74, 6) is -2.44. The first-order chi connectivity index (χ1) is 14.2. The van der Waals surface area contributed by atoms with E-state index in [2.05, 4.69) is 20.6 Å². The molecule has 0 unspecified atom stereocenters. The van der Waals surface area contributed by atoms with Gasteiger partial charge in [-0.25, -0.2) is 0 Å². The van der Waals surface area contributed by atoms with Crippen molar-refractivity contribution < 1.29 is 22.8 Å². The van der Waals surface area contributed by atoms with Crippen LogP contribution in [0.4, 0.5) is 30.6 Å². The summed E-state index contributed by atoms with van der Waals surface area (Å²) in [6, 6.07) is 4.51. The molecule has 30 heavy (non-hydrogen) atoms. The predicted molar refractivity (Wildman–Crippen MR) is 102 cm³/mol. The number of aromatic amines is 1. The highest BCUT2D eigenvalue weighted by atomic mass is 19.4. The van der Waals surface area contributed by atoms with Gasteiger partial charge in [-0.15, -0.1) is 0 Å². The standard InChI is InChI=1S/C19H18F3N5O3/c20-19(21,22)11-5-1-2-6-12(11)23-16(29)10-9-13(28)24-15-14(10)17(30)26-18(25-15)27-7-3-4-8-27/h1-2,5-6,10H,3-4,7-9H2,(H,23,29)(H2,24,25,26,28,30)/t10-/m0/s1. The monoisotopic (exact) mass is 421 g/mol. The maximum absolute atomic E-state index is 13.2. The Balaban J connectivity index is 1.67. The average molecular weight is 421 g/mol. The number of rotatable bonds is 3. The average Bonchev–Trinajstić information content (AvgIpc) is 3.21. The van der Waals surface area contributed by atoms with Crippen LogP contribution < -0.4 is 21.1 Å². The van der Waals surface area contributed by atoms with Crippen molar-refractivity contribution in [1.82, 2.24) is 9.97 Å². The Bertz CT molecular complexity index is 1060. The minimum Gasteiger partial charge on any atom is -0.342 e. The number of nitrogens with zero attached hydrogens (tertiary/aromatic N) is 2. The van der Waals surface area contributed by atoms with Crippen molar-refractivity contribution in [3.63, 3.8) is 0 Å². The van der Waals surface area contributed by atoms with Crippen molar-refractivity contribution in [2.45, 2.75) is 31.4 Å². The summed E-state index contributed by atoms with van der Waals surface area (Å²) >= 11 is 0. The number of para-hydroxylation sites is 1. The molecule has 0 saturated carbocycles. The lowest BCUT2D eigenvalue weighted by atomic mass is 9.92. The Morgan fingerprint density at radius 3 is 2.57 bits per heavy atom. The predicted octanol–water partition coefficient (Wildman–Crippen LogP) is 2.45. The summed E-state index contributed by atoms with van der Waals surface area (Å²) in [6.07, 6.45) is -3.16. The van der Waals surface area contributed by atoms with Crippen LogP contribution in [0.2, 0.25) is 0 Å². The second-order valence-electron chi connectivity index (χ2n) is 7.18. The molecule has 4 rings (SSSR count). The van der Waals surface area contributed by atoms with Gasteiger partial charge in [-0.05, 0) is 25.0 Å². The molecule has 158 valence electrons. The minimum absolute atomic E-state index is 0.0406. The van der Waals surface area contributed by atoms with E-state index in [1.165, 1.54) is 12.1 Å². The molecule has 1 aromatic carbocycles. The van der Waals surface area contributed by atoms with Crippen molar-refractivity contribution >= 4 is 29.3 Å². The van der Waals surface area contributed by atoms with Gasteiger partial charge in [0.15, 0.2) is 0 Å². The van der Waals surface area contributed by atoms with Crippen LogP contribution in [0, 0.1) is 0 Å². The number of fused-ring (bicyclic) bond motifs is 1. The van der Waals surface area contributed by atoms with Gasteiger partial charge in [-0.1, -0.05) is 12.1 Å². The SMILES string of the molecule is O=C1C[C@H](C(=O)Nc2ccccc2C(F)(F)F)c2c(nc(N3CCCC3)[nH]c2=O)N1. The number of halogens is 3. The van der Waals surface area contributed by atoms with Crippen LogP contribution in [0.5, 0.6) is 0 Å². The minimum atomic E-state index is -4.67. The summed E-state index contributed by atoms with van der Waals surface area (Å²) in [7, 11) is 0. The maximum atomic E-state index is 13.2. The number of aromatic nitrogens is 2. The number of H-pyrrole nitrogens is 1. The fraction of sp³-hybridized carbons (Fsp3) is 0.368. The van der Waals surface area contributed by atoms with Crippen LogP contribution in [0.15, 0.2) is 29.1 Å². The highest BCUT2D eigenvalue weighted by Crippen LogP contribution is 2.36. The van der Waals surface area contributed by atoms with Gasteiger partial charge < -0.3 is 15.5 Å². The summed E-state index contributed by atoms with van der Waals surface area (Å²) in [5, 5.41) is 4.71.